The second kappa shape index (κ2) is 9.88. The maximum Gasteiger partial charge on any atom is 0.522 e. The molecule has 0 amide bonds. The van der Waals surface area contributed by atoms with Crippen molar-refractivity contribution >= 4 is 38.8 Å². The van der Waals surface area contributed by atoms with E-state index in [1.54, 1.807) is 0 Å². The van der Waals surface area contributed by atoms with Gasteiger partial charge in [0.1, 0.15) is 11.4 Å². The third-order valence-corrected chi connectivity index (χ3v) is 4.74. The number of carbonyl (C=O) groups is 1. The normalized spacial score (nSPS) is 12.6. The number of nitrogens with one attached hydrogen (secondary N) is 1. The van der Waals surface area contributed by atoms with E-state index in [-0.39, 0.29) is 6.42 Å². The predicted octanol–water partition coefficient (Wildman–Crippen LogP) is 4.54. The van der Waals surface area contributed by atoms with Crippen LogP contribution in [0, 0.1) is 0 Å². The Bertz CT molecular complexity index is 1030. The number of rotatable bonds is 6. The molecule has 2 aromatic rings. The number of nitrogens with zero attached hydrogens (tertiary/aromatic N) is 1. The fourth-order valence-corrected chi connectivity index (χ4v) is 2.82. The Hall–Kier alpha value is -2.99. The van der Waals surface area contributed by atoms with Crippen molar-refractivity contribution in [3.05, 3.63) is 42.5 Å². The molecular weight excluding hydrogens is 441 g/mol. The molecular formula is C19H21F3N2O6S. The molecule has 0 fully saturated rings. The first-order valence-electron chi connectivity index (χ1n) is 9.10. The fraction of sp³-hybridized carbons (Fsp3) is 0.316. The molecule has 1 heterocycles. The first-order valence-corrected chi connectivity index (χ1v) is 10.5. The van der Waals surface area contributed by atoms with Gasteiger partial charge >= 0.3 is 21.6 Å². The molecule has 170 valence electrons. The van der Waals surface area contributed by atoms with Crippen LogP contribution in [0.4, 0.5) is 35.9 Å². The maximum atomic E-state index is 10.7. The topological polar surface area (TPSA) is 116 Å². The van der Waals surface area contributed by atoms with Crippen LogP contribution < -0.4 is 15.0 Å². The molecule has 3 N–H and O–H groups in total. The van der Waals surface area contributed by atoms with Gasteiger partial charge in [-0.25, -0.2) is 0 Å². The lowest BCUT2D eigenvalue weighted by Crippen LogP contribution is -2.22. The van der Waals surface area contributed by atoms with Crippen LogP contribution in [0.3, 0.4) is 0 Å². The van der Waals surface area contributed by atoms with Gasteiger partial charge in [-0.2, -0.15) is 21.6 Å². The summed E-state index contributed by atoms with van der Waals surface area (Å²) in [4.78, 5) is 12.8. The van der Waals surface area contributed by atoms with Gasteiger partial charge in [-0.05, 0) is 37.6 Å². The van der Waals surface area contributed by atoms with E-state index in [0.717, 1.165) is 35.0 Å². The molecule has 1 aliphatic heterocycles. The number of anilines is 4. The van der Waals surface area contributed by atoms with Gasteiger partial charge in [-0.15, -0.1) is 0 Å². The molecule has 0 radical (unpaired) electrons. The van der Waals surface area contributed by atoms with Gasteiger partial charge in [0.2, 0.25) is 0 Å². The predicted molar refractivity (Wildman–Crippen MR) is 109 cm³/mol. The van der Waals surface area contributed by atoms with Crippen molar-refractivity contribution in [3.8, 4) is 5.75 Å². The van der Waals surface area contributed by atoms with E-state index >= 15 is 0 Å². The second-order valence-corrected chi connectivity index (χ2v) is 7.72. The summed E-state index contributed by atoms with van der Waals surface area (Å²) in [5, 5.41) is 12.1. The van der Waals surface area contributed by atoms with E-state index in [1.165, 1.54) is 0 Å². The highest BCUT2D eigenvalue weighted by Gasteiger charge is 2.44. The van der Waals surface area contributed by atoms with Crippen molar-refractivity contribution in [2.24, 2.45) is 0 Å². The Balaban J connectivity index is 0.000000366. The quantitative estimate of drug-likeness (QED) is 0.326. The molecule has 0 aliphatic carbocycles. The van der Waals surface area contributed by atoms with Gasteiger partial charge in [-0.1, -0.05) is 18.2 Å². The molecule has 0 atom stereocenters. The SMILES string of the molecule is CCN1c2ccccc2Nc2c(OCCCC(=O)O)cccc21.O=S(=O)(O)C(F)(F)F. The number of carboxylic acids is 1. The molecule has 0 unspecified atom stereocenters. The van der Waals surface area contributed by atoms with Gasteiger partial charge < -0.3 is 20.1 Å². The largest absolute Gasteiger partial charge is 0.522 e. The van der Waals surface area contributed by atoms with Crippen molar-refractivity contribution in [3.63, 3.8) is 0 Å². The summed E-state index contributed by atoms with van der Waals surface area (Å²) in [5.74, 6) is -0.0475. The van der Waals surface area contributed by atoms with Crippen molar-refractivity contribution in [1.82, 2.24) is 0 Å². The number of ether oxygens (including phenoxy) is 1. The lowest BCUT2D eigenvalue weighted by atomic mass is 10.1. The molecule has 3 rings (SSSR count). The molecule has 2 aromatic carbocycles. The number of hydrogen-bond acceptors (Lipinski definition) is 6. The molecule has 8 nitrogen and oxygen atoms in total. The van der Waals surface area contributed by atoms with Crippen LogP contribution >= 0.6 is 0 Å². The molecule has 0 spiro atoms. The summed E-state index contributed by atoms with van der Waals surface area (Å²) in [6.45, 7) is 3.36. The van der Waals surface area contributed by atoms with Crippen molar-refractivity contribution < 1.29 is 40.8 Å². The molecule has 12 heteroatoms. The Kier molecular flexibility index (Phi) is 7.74. The number of benzene rings is 2. The summed E-state index contributed by atoms with van der Waals surface area (Å²) in [7, 11) is -5.84. The monoisotopic (exact) mass is 462 g/mol. The second-order valence-electron chi connectivity index (χ2n) is 6.30. The number of fused-ring (bicyclic) bond motifs is 2. The standard InChI is InChI=1S/C18H20N2O3.CHF3O3S/c1-2-20-14-8-4-3-7-13(14)19-18-15(20)9-5-10-16(18)23-12-6-11-17(21)22;2-1(3,4)8(5,6)7/h3-5,7-10,19H,2,6,11-12H2,1H3,(H,21,22);(H,5,6,7). The van der Waals surface area contributed by atoms with Gasteiger partial charge in [-0.3, -0.25) is 9.35 Å². The van der Waals surface area contributed by atoms with Crippen molar-refractivity contribution in [2.75, 3.05) is 23.4 Å². The number of aliphatic carboxylic acids is 1. The lowest BCUT2D eigenvalue weighted by Gasteiger charge is -2.33. The van der Waals surface area contributed by atoms with E-state index in [4.69, 9.17) is 22.8 Å². The summed E-state index contributed by atoms with van der Waals surface area (Å²) in [6, 6.07) is 14.1. The molecule has 0 saturated heterocycles. The minimum atomic E-state index is -5.84. The highest BCUT2D eigenvalue weighted by Crippen LogP contribution is 2.47. The maximum absolute atomic E-state index is 10.7. The number of carboxylic acid groups (broad SMARTS) is 1. The van der Waals surface area contributed by atoms with Gasteiger partial charge in [0.25, 0.3) is 0 Å². The van der Waals surface area contributed by atoms with Crippen molar-refractivity contribution in [1.29, 1.82) is 0 Å². The molecule has 1 aliphatic rings. The zero-order valence-electron chi connectivity index (χ0n) is 16.4. The molecule has 0 saturated carbocycles. The van der Waals surface area contributed by atoms with Crippen LogP contribution in [0.25, 0.3) is 0 Å². The highest BCUT2D eigenvalue weighted by atomic mass is 32.2. The Morgan fingerprint density at radius 2 is 1.74 bits per heavy atom. The molecule has 0 bridgehead atoms. The minimum Gasteiger partial charge on any atom is -0.491 e. The van der Waals surface area contributed by atoms with Crippen LogP contribution in [0.2, 0.25) is 0 Å². The van der Waals surface area contributed by atoms with E-state index in [0.29, 0.717) is 13.0 Å². The minimum absolute atomic E-state index is 0.117. The summed E-state index contributed by atoms with van der Waals surface area (Å²) < 4.78 is 63.4. The zero-order valence-corrected chi connectivity index (χ0v) is 17.2. The first kappa shape index (κ1) is 24.3. The number of halogens is 3. The van der Waals surface area contributed by atoms with E-state index in [1.807, 2.05) is 30.3 Å². The Labute approximate surface area is 177 Å². The summed E-state index contributed by atoms with van der Waals surface area (Å²) in [5.41, 5.74) is -1.34. The van der Waals surface area contributed by atoms with Crippen molar-refractivity contribution in [2.45, 2.75) is 25.3 Å². The average Bonchev–Trinajstić information content (AvgIpc) is 2.68. The van der Waals surface area contributed by atoms with Crippen LogP contribution in [-0.2, 0) is 14.9 Å². The Morgan fingerprint density at radius 1 is 1.13 bits per heavy atom. The third kappa shape index (κ3) is 6.25. The zero-order chi connectivity index (χ0) is 23.2. The van der Waals surface area contributed by atoms with Gasteiger partial charge in [0.15, 0.2) is 0 Å². The molecule has 0 aromatic heterocycles. The number of hydrogen-bond donors (Lipinski definition) is 3. The summed E-state index contributed by atoms with van der Waals surface area (Å²) in [6.07, 6.45) is 0.611. The Morgan fingerprint density at radius 3 is 2.32 bits per heavy atom. The summed E-state index contributed by atoms with van der Waals surface area (Å²) >= 11 is 0. The third-order valence-electron chi connectivity index (χ3n) is 4.15. The van der Waals surface area contributed by atoms with Crippen LogP contribution in [0.1, 0.15) is 19.8 Å². The first-order chi connectivity index (χ1) is 14.5. The lowest BCUT2D eigenvalue weighted by molar-refractivity contribution is -0.137. The smallest absolute Gasteiger partial charge is 0.491 e. The highest BCUT2D eigenvalue weighted by molar-refractivity contribution is 7.86. The van der Waals surface area contributed by atoms with Crippen LogP contribution in [0.5, 0.6) is 5.75 Å². The van der Waals surface area contributed by atoms with Crippen LogP contribution in [-0.4, -0.2) is 42.7 Å². The van der Waals surface area contributed by atoms with E-state index in [9.17, 15) is 18.0 Å². The van der Waals surface area contributed by atoms with Crippen LogP contribution in [0.15, 0.2) is 42.5 Å². The average molecular weight is 462 g/mol. The van der Waals surface area contributed by atoms with E-state index < -0.39 is 21.6 Å². The van der Waals surface area contributed by atoms with Gasteiger partial charge in [0.05, 0.1) is 23.7 Å². The fourth-order valence-electron chi connectivity index (χ4n) is 2.82. The number of para-hydroxylation sites is 3. The van der Waals surface area contributed by atoms with Gasteiger partial charge in [0, 0.05) is 13.0 Å². The van der Waals surface area contributed by atoms with E-state index in [2.05, 4.69) is 29.3 Å². The number of alkyl halides is 3. The molecule has 31 heavy (non-hydrogen) atoms.